The van der Waals surface area contributed by atoms with Crippen LogP contribution in [0.15, 0.2) is 71.8 Å². The zero-order chi connectivity index (χ0) is 26.4. The first-order chi connectivity index (χ1) is 18.3. The molecule has 2 aromatic carbocycles. The number of fused-ring (bicyclic) bond motifs is 2. The number of hydrogen-bond donors (Lipinski definition) is 0. The Morgan fingerprint density at radius 3 is 2.18 bits per heavy atom. The van der Waals surface area contributed by atoms with E-state index in [0.29, 0.717) is 6.54 Å². The van der Waals surface area contributed by atoms with Crippen molar-refractivity contribution in [2.45, 2.75) is 45.3 Å². The van der Waals surface area contributed by atoms with Crippen molar-refractivity contribution in [2.75, 3.05) is 32.7 Å². The molecule has 0 N–H and O–H groups in total. The lowest BCUT2D eigenvalue weighted by molar-refractivity contribution is -0.145. The molecule has 0 saturated carbocycles. The van der Waals surface area contributed by atoms with Gasteiger partial charge in [0.1, 0.15) is 17.7 Å². The summed E-state index contributed by atoms with van der Waals surface area (Å²) in [4.78, 5) is 17.8. The molecule has 2 aromatic rings. The van der Waals surface area contributed by atoms with E-state index in [1.165, 1.54) is 35.4 Å². The Labute approximate surface area is 224 Å². The van der Waals surface area contributed by atoms with Gasteiger partial charge in [-0.15, -0.1) is 0 Å². The molecule has 0 spiro atoms. The Morgan fingerprint density at radius 1 is 0.974 bits per heavy atom. The maximum Gasteiger partial charge on any atom is 0.311 e. The molecule has 6 heteroatoms. The van der Waals surface area contributed by atoms with Gasteiger partial charge in [-0.25, -0.2) is 8.78 Å². The standard InChI is InChI=1S/C32H36F2N2O2/c1-21-4-3-13-32(2)19-29-26(18-28(21)32)27(31(37)38-29)20-35-14-16-36(17-15-35)30(22-5-9-24(33)10-6-22)23-7-11-25(34)12-8-23/h4-12,18,26-27,29-30H,3,13-17,19-20H2,1-2H3. The van der Waals surface area contributed by atoms with Crippen molar-refractivity contribution in [1.29, 1.82) is 0 Å². The van der Waals surface area contributed by atoms with Crippen LogP contribution in [0, 0.1) is 28.9 Å². The summed E-state index contributed by atoms with van der Waals surface area (Å²) in [5.41, 5.74) is 4.86. The first-order valence-electron chi connectivity index (χ1n) is 13.9. The van der Waals surface area contributed by atoms with Crippen molar-refractivity contribution in [2.24, 2.45) is 17.3 Å². The predicted molar refractivity (Wildman–Crippen MR) is 143 cm³/mol. The molecule has 6 rings (SSSR count). The number of rotatable bonds is 5. The smallest absolute Gasteiger partial charge is 0.311 e. The number of carbonyl (C=O) groups is 1. The quantitative estimate of drug-likeness (QED) is 0.461. The number of benzene rings is 2. The number of carbonyl (C=O) groups excluding carboxylic acids is 1. The zero-order valence-electron chi connectivity index (χ0n) is 22.2. The highest BCUT2D eigenvalue weighted by atomic mass is 19.1. The van der Waals surface area contributed by atoms with Crippen molar-refractivity contribution >= 4 is 5.97 Å². The van der Waals surface area contributed by atoms with Crippen LogP contribution in [-0.2, 0) is 9.53 Å². The van der Waals surface area contributed by atoms with Gasteiger partial charge in [0, 0.05) is 38.6 Å². The highest BCUT2D eigenvalue weighted by Crippen LogP contribution is 2.52. The summed E-state index contributed by atoms with van der Waals surface area (Å²) in [6.45, 7) is 8.49. The van der Waals surface area contributed by atoms with E-state index >= 15 is 0 Å². The Balaban J connectivity index is 1.17. The van der Waals surface area contributed by atoms with Crippen LogP contribution in [0.2, 0.25) is 0 Å². The van der Waals surface area contributed by atoms with Crippen molar-refractivity contribution in [3.8, 4) is 0 Å². The number of hydrogen-bond acceptors (Lipinski definition) is 4. The van der Waals surface area contributed by atoms with E-state index in [-0.39, 0.29) is 47.0 Å². The summed E-state index contributed by atoms with van der Waals surface area (Å²) in [5.74, 6) is -0.594. The van der Waals surface area contributed by atoms with Gasteiger partial charge in [0.25, 0.3) is 0 Å². The number of allylic oxidation sites excluding steroid dienone is 3. The van der Waals surface area contributed by atoms with Crippen LogP contribution in [0.1, 0.15) is 50.3 Å². The van der Waals surface area contributed by atoms with Crippen LogP contribution in [0.5, 0.6) is 0 Å². The van der Waals surface area contributed by atoms with E-state index in [2.05, 4.69) is 35.8 Å². The van der Waals surface area contributed by atoms with E-state index in [1.54, 1.807) is 0 Å². The molecule has 2 aliphatic heterocycles. The molecule has 0 radical (unpaired) electrons. The Kier molecular flexibility index (Phi) is 6.73. The summed E-state index contributed by atoms with van der Waals surface area (Å²) in [6.07, 6.45) is 7.81. The van der Waals surface area contributed by atoms with Crippen molar-refractivity contribution in [3.63, 3.8) is 0 Å². The second-order valence-corrected chi connectivity index (χ2v) is 11.8. The second-order valence-electron chi connectivity index (χ2n) is 11.8. The lowest BCUT2D eigenvalue weighted by atomic mass is 9.62. The van der Waals surface area contributed by atoms with Crippen LogP contribution in [0.25, 0.3) is 0 Å². The lowest BCUT2D eigenvalue weighted by Crippen LogP contribution is -2.50. The summed E-state index contributed by atoms with van der Waals surface area (Å²) in [5, 5.41) is 0. The molecule has 4 unspecified atom stereocenters. The van der Waals surface area contributed by atoms with E-state index < -0.39 is 0 Å². The first-order valence-corrected chi connectivity index (χ1v) is 13.9. The molecule has 0 bridgehead atoms. The van der Waals surface area contributed by atoms with Gasteiger partial charge < -0.3 is 4.74 Å². The monoisotopic (exact) mass is 518 g/mol. The van der Waals surface area contributed by atoms with Crippen molar-refractivity contribution < 1.29 is 18.3 Å². The van der Waals surface area contributed by atoms with Gasteiger partial charge in [0.05, 0.1) is 12.0 Å². The fraction of sp³-hybridized carbons (Fsp3) is 0.469. The lowest BCUT2D eigenvalue weighted by Gasteiger charge is -2.43. The van der Waals surface area contributed by atoms with Crippen LogP contribution in [-0.4, -0.2) is 54.6 Å². The average Bonchev–Trinajstić information content (AvgIpc) is 3.19. The molecule has 0 aromatic heterocycles. The third-order valence-electron chi connectivity index (χ3n) is 9.30. The minimum Gasteiger partial charge on any atom is -0.461 e. The SMILES string of the molecule is CC1=CCCC2(C)CC3OC(=O)C(CN4CCN(C(c5ccc(F)cc5)c5ccc(F)cc5)CC4)C3C=C12. The molecule has 2 saturated heterocycles. The number of ether oxygens (including phenoxy) is 1. The van der Waals surface area contributed by atoms with E-state index in [1.807, 2.05) is 24.3 Å². The minimum absolute atomic E-state index is 0.0187. The van der Waals surface area contributed by atoms with Crippen LogP contribution < -0.4 is 0 Å². The summed E-state index contributed by atoms with van der Waals surface area (Å²) in [7, 11) is 0. The van der Waals surface area contributed by atoms with Gasteiger partial charge in [0.2, 0.25) is 0 Å². The van der Waals surface area contributed by atoms with Crippen molar-refractivity contribution in [3.05, 3.63) is 94.6 Å². The van der Waals surface area contributed by atoms with E-state index in [4.69, 9.17) is 4.74 Å². The third kappa shape index (κ3) is 4.73. The third-order valence-corrected chi connectivity index (χ3v) is 9.30. The van der Waals surface area contributed by atoms with E-state index in [0.717, 1.165) is 56.6 Å². The number of piperazine rings is 1. The summed E-state index contributed by atoms with van der Waals surface area (Å²) in [6, 6.07) is 13.1. The minimum atomic E-state index is -0.268. The highest BCUT2D eigenvalue weighted by molar-refractivity contribution is 5.76. The number of halogens is 2. The average molecular weight is 519 g/mol. The molecule has 4 aliphatic rings. The number of nitrogens with zero attached hydrogens (tertiary/aromatic N) is 2. The Morgan fingerprint density at radius 2 is 1.58 bits per heavy atom. The van der Waals surface area contributed by atoms with E-state index in [9.17, 15) is 13.6 Å². The van der Waals surface area contributed by atoms with Gasteiger partial charge in [-0.3, -0.25) is 14.6 Å². The number of esters is 1. The molecule has 2 aliphatic carbocycles. The molecule has 4 atom stereocenters. The van der Waals surface area contributed by atoms with Gasteiger partial charge in [0.15, 0.2) is 0 Å². The van der Waals surface area contributed by atoms with Gasteiger partial charge in [-0.2, -0.15) is 0 Å². The van der Waals surface area contributed by atoms with Gasteiger partial charge >= 0.3 is 5.97 Å². The largest absolute Gasteiger partial charge is 0.461 e. The maximum atomic E-state index is 13.7. The van der Waals surface area contributed by atoms with Gasteiger partial charge in [-0.1, -0.05) is 48.9 Å². The maximum absolute atomic E-state index is 13.7. The normalized spacial score (nSPS) is 29.9. The first kappa shape index (κ1) is 25.4. The Bertz CT molecular complexity index is 1200. The molecular weight excluding hydrogens is 482 g/mol. The fourth-order valence-electron chi connectivity index (χ4n) is 7.22. The molecule has 2 heterocycles. The van der Waals surface area contributed by atoms with Crippen LogP contribution in [0.4, 0.5) is 8.78 Å². The fourth-order valence-corrected chi connectivity index (χ4v) is 7.22. The highest BCUT2D eigenvalue weighted by Gasteiger charge is 2.51. The molecule has 0 amide bonds. The second kappa shape index (κ2) is 10.0. The van der Waals surface area contributed by atoms with Gasteiger partial charge in [-0.05, 0) is 72.6 Å². The summed E-state index contributed by atoms with van der Waals surface area (Å²) >= 11 is 0. The Hall–Kier alpha value is -2.83. The molecular formula is C32H36F2N2O2. The topological polar surface area (TPSA) is 32.8 Å². The van der Waals surface area contributed by atoms with Crippen molar-refractivity contribution in [1.82, 2.24) is 9.80 Å². The molecule has 38 heavy (non-hydrogen) atoms. The molecule has 4 nitrogen and oxygen atoms in total. The molecule has 2 fully saturated rings. The van der Waals surface area contributed by atoms with Crippen LogP contribution >= 0.6 is 0 Å². The predicted octanol–water partition coefficient (Wildman–Crippen LogP) is 5.91. The zero-order valence-corrected chi connectivity index (χ0v) is 22.2. The summed E-state index contributed by atoms with van der Waals surface area (Å²) < 4.78 is 33.3. The molecule has 200 valence electrons. The van der Waals surface area contributed by atoms with Crippen LogP contribution in [0.3, 0.4) is 0 Å².